The van der Waals surface area contributed by atoms with Gasteiger partial charge in [0.1, 0.15) is 5.84 Å². The lowest BCUT2D eigenvalue weighted by atomic mass is 10.1. The summed E-state index contributed by atoms with van der Waals surface area (Å²) in [5.74, 6) is 2.71. The first-order valence-corrected chi connectivity index (χ1v) is 4.87. The first-order valence-electron chi connectivity index (χ1n) is 4.06. The van der Waals surface area contributed by atoms with Gasteiger partial charge in [-0.25, -0.2) is 0 Å². The maximum absolute atomic E-state index is 7.33. The Bertz CT molecular complexity index is 546. The van der Waals surface area contributed by atoms with Crippen molar-refractivity contribution in [2.45, 2.75) is 0 Å². The molecule has 0 bridgehead atoms. The van der Waals surface area contributed by atoms with Crippen LogP contribution in [0.25, 0.3) is 10.1 Å². The van der Waals surface area contributed by atoms with Gasteiger partial charge in [0.2, 0.25) is 0 Å². The Morgan fingerprint density at radius 1 is 1.50 bits per heavy atom. The molecule has 0 saturated carbocycles. The van der Waals surface area contributed by atoms with Crippen LogP contribution >= 0.6 is 11.3 Å². The van der Waals surface area contributed by atoms with E-state index >= 15 is 0 Å². The highest BCUT2D eigenvalue weighted by molar-refractivity contribution is 7.20. The molecule has 3 heteroatoms. The lowest BCUT2D eigenvalue weighted by Crippen LogP contribution is -2.08. The van der Waals surface area contributed by atoms with Crippen molar-refractivity contribution in [3.63, 3.8) is 0 Å². The van der Waals surface area contributed by atoms with Crippen LogP contribution in [0, 0.1) is 17.8 Å². The Morgan fingerprint density at radius 3 is 2.93 bits per heavy atom. The zero-order valence-electron chi connectivity index (χ0n) is 7.37. The lowest BCUT2D eigenvalue weighted by molar-refractivity contribution is 1.46. The number of amidine groups is 1. The molecule has 2 rings (SSSR count). The zero-order chi connectivity index (χ0) is 10.1. The topological polar surface area (TPSA) is 49.9 Å². The Hall–Kier alpha value is -1.79. The predicted octanol–water partition coefficient (Wildman–Crippen LogP) is 2.17. The summed E-state index contributed by atoms with van der Waals surface area (Å²) in [5, 5.41) is 8.34. The first-order chi connectivity index (χ1) is 6.72. The van der Waals surface area contributed by atoms with Crippen LogP contribution in [0.1, 0.15) is 10.4 Å². The van der Waals surface area contributed by atoms with E-state index in [1.165, 1.54) is 11.3 Å². The highest BCUT2D eigenvalue weighted by Crippen LogP contribution is 2.27. The molecule has 0 fully saturated rings. The van der Waals surface area contributed by atoms with E-state index in [0.717, 1.165) is 20.5 Å². The normalized spacial score (nSPS) is 9.93. The van der Waals surface area contributed by atoms with Gasteiger partial charge in [0.15, 0.2) is 0 Å². The Balaban J connectivity index is 2.78. The molecule has 0 aliphatic rings. The summed E-state index contributed by atoms with van der Waals surface area (Å²) in [5.41, 5.74) is 6.26. The molecule has 0 unspecified atom stereocenters. The third-order valence-corrected chi connectivity index (χ3v) is 3.12. The van der Waals surface area contributed by atoms with Gasteiger partial charge in [-0.15, -0.1) is 17.8 Å². The molecule has 2 aromatic rings. The molecule has 1 aromatic carbocycles. The number of hydrogen-bond donors (Lipinski definition) is 2. The second kappa shape index (κ2) is 3.17. The van der Waals surface area contributed by atoms with E-state index in [2.05, 4.69) is 5.92 Å². The van der Waals surface area contributed by atoms with E-state index < -0.39 is 0 Å². The number of fused-ring (bicyclic) bond motifs is 1. The Labute approximate surface area is 85.9 Å². The summed E-state index contributed by atoms with van der Waals surface area (Å²) in [4.78, 5) is 0.766. The zero-order valence-corrected chi connectivity index (χ0v) is 8.19. The number of rotatable bonds is 1. The second-order valence-electron chi connectivity index (χ2n) is 2.89. The minimum Gasteiger partial charge on any atom is -0.383 e. The molecule has 2 nitrogen and oxygen atoms in total. The number of hydrogen-bond acceptors (Lipinski definition) is 2. The summed E-state index contributed by atoms with van der Waals surface area (Å²) < 4.78 is 1.07. The molecule has 0 amide bonds. The highest BCUT2D eigenvalue weighted by Gasteiger charge is 2.05. The number of terminal acetylenes is 1. The summed E-state index contributed by atoms with van der Waals surface area (Å²) in [7, 11) is 0. The van der Waals surface area contributed by atoms with Gasteiger partial charge in [0.05, 0.1) is 4.88 Å². The summed E-state index contributed by atoms with van der Waals surface area (Å²) >= 11 is 1.49. The predicted molar refractivity (Wildman–Crippen MR) is 60.8 cm³/mol. The molecule has 0 saturated heterocycles. The van der Waals surface area contributed by atoms with Crippen LogP contribution in [0.2, 0.25) is 0 Å². The quantitative estimate of drug-likeness (QED) is 0.413. The Kier molecular flexibility index (Phi) is 1.99. The molecule has 0 spiro atoms. The summed E-state index contributed by atoms with van der Waals surface area (Å²) in [6.07, 6.45) is 5.37. The number of nitrogens with two attached hydrogens (primary N) is 1. The maximum Gasteiger partial charge on any atom is 0.133 e. The minimum absolute atomic E-state index is 0.0918. The van der Waals surface area contributed by atoms with E-state index in [-0.39, 0.29) is 5.84 Å². The molecule has 3 N–H and O–H groups in total. The van der Waals surface area contributed by atoms with Crippen LogP contribution in [0.3, 0.4) is 0 Å². The third-order valence-electron chi connectivity index (χ3n) is 1.98. The fourth-order valence-corrected chi connectivity index (χ4v) is 2.27. The highest BCUT2D eigenvalue weighted by atomic mass is 32.1. The van der Waals surface area contributed by atoms with Gasteiger partial charge < -0.3 is 5.73 Å². The smallest absolute Gasteiger partial charge is 0.133 e. The van der Waals surface area contributed by atoms with Crippen molar-refractivity contribution in [1.29, 1.82) is 5.41 Å². The number of nitrogen functional groups attached to an aromatic ring is 1. The number of nitrogens with one attached hydrogen (secondary N) is 1. The van der Waals surface area contributed by atoms with Crippen molar-refractivity contribution in [2.24, 2.45) is 5.73 Å². The van der Waals surface area contributed by atoms with E-state index in [0.29, 0.717) is 0 Å². The van der Waals surface area contributed by atoms with Gasteiger partial charge in [0, 0.05) is 15.6 Å². The van der Waals surface area contributed by atoms with Gasteiger partial charge in [-0.1, -0.05) is 12.0 Å². The fourth-order valence-electron chi connectivity index (χ4n) is 1.32. The van der Waals surface area contributed by atoms with Gasteiger partial charge in [-0.05, 0) is 18.2 Å². The average molecular weight is 200 g/mol. The molecular weight excluding hydrogens is 192 g/mol. The first kappa shape index (κ1) is 8.79. The van der Waals surface area contributed by atoms with Crippen molar-refractivity contribution in [3.8, 4) is 12.3 Å². The number of benzene rings is 1. The SMILES string of the molecule is C#Cc1cccc2sc(C(=N)N)cc12. The van der Waals surface area contributed by atoms with Crippen LogP contribution in [-0.2, 0) is 0 Å². The molecule has 14 heavy (non-hydrogen) atoms. The van der Waals surface area contributed by atoms with Gasteiger partial charge in [0.25, 0.3) is 0 Å². The van der Waals surface area contributed by atoms with Gasteiger partial charge in [-0.3, -0.25) is 5.41 Å². The van der Waals surface area contributed by atoms with E-state index in [1.54, 1.807) is 0 Å². The Morgan fingerprint density at radius 2 is 2.29 bits per heavy atom. The van der Waals surface area contributed by atoms with Gasteiger partial charge >= 0.3 is 0 Å². The fraction of sp³-hybridized carbons (Fsp3) is 0. The van der Waals surface area contributed by atoms with E-state index in [4.69, 9.17) is 17.6 Å². The van der Waals surface area contributed by atoms with Crippen molar-refractivity contribution in [2.75, 3.05) is 0 Å². The van der Waals surface area contributed by atoms with Gasteiger partial charge in [-0.2, -0.15) is 0 Å². The molecule has 0 aliphatic carbocycles. The van der Waals surface area contributed by atoms with Crippen molar-refractivity contribution >= 4 is 27.3 Å². The van der Waals surface area contributed by atoms with Crippen molar-refractivity contribution < 1.29 is 0 Å². The van der Waals surface area contributed by atoms with Crippen molar-refractivity contribution in [3.05, 3.63) is 34.7 Å². The summed E-state index contributed by atoms with van der Waals surface area (Å²) in [6.45, 7) is 0. The third kappa shape index (κ3) is 1.26. The monoisotopic (exact) mass is 200 g/mol. The molecule has 1 aromatic heterocycles. The second-order valence-corrected chi connectivity index (χ2v) is 3.97. The van der Waals surface area contributed by atoms with Crippen LogP contribution in [0.5, 0.6) is 0 Å². The molecule has 0 aliphatic heterocycles. The van der Waals surface area contributed by atoms with E-state index in [1.807, 2.05) is 24.3 Å². The van der Waals surface area contributed by atoms with Crippen LogP contribution in [-0.4, -0.2) is 5.84 Å². The minimum atomic E-state index is 0.0918. The van der Waals surface area contributed by atoms with Crippen LogP contribution in [0.15, 0.2) is 24.3 Å². The van der Waals surface area contributed by atoms with E-state index in [9.17, 15) is 0 Å². The molecule has 0 radical (unpaired) electrons. The molecule has 68 valence electrons. The summed E-state index contributed by atoms with van der Waals surface area (Å²) in [6, 6.07) is 7.65. The number of thiophene rings is 1. The molecular formula is C11H8N2S. The largest absolute Gasteiger partial charge is 0.383 e. The average Bonchev–Trinajstić information content (AvgIpc) is 2.60. The molecule has 0 atom stereocenters. The molecule has 1 heterocycles. The lowest BCUT2D eigenvalue weighted by Gasteiger charge is -1.91. The standard InChI is InChI=1S/C11H8N2S/c1-2-7-4-3-5-9-8(7)6-10(14-9)11(12)13/h1,3-6H,(H3,12,13). The maximum atomic E-state index is 7.33. The van der Waals surface area contributed by atoms with Crippen LogP contribution in [0.4, 0.5) is 0 Å². The van der Waals surface area contributed by atoms with Crippen LogP contribution < -0.4 is 5.73 Å². The van der Waals surface area contributed by atoms with Crippen molar-refractivity contribution in [1.82, 2.24) is 0 Å².